The average Bonchev–Trinajstić information content (AvgIpc) is 2.79. The first-order valence-electron chi connectivity index (χ1n) is 11.8. The molecule has 0 saturated carbocycles. The van der Waals surface area contributed by atoms with E-state index >= 15 is 0 Å². The molecule has 36 heavy (non-hydrogen) atoms. The molecule has 0 aromatic heterocycles. The van der Waals surface area contributed by atoms with Crippen LogP contribution in [0.15, 0.2) is 36.4 Å². The number of aromatic hydroxyl groups is 1. The van der Waals surface area contributed by atoms with Gasteiger partial charge in [0.2, 0.25) is 6.29 Å². The molecule has 1 aliphatic heterocycles. The number of aliphatic hydroxyl groups excluding tert-OH is 3. The zero-order valence-corrected chi connectivity index (χ0v) is 23.9. The first-order valence-corrected chi connectivity index (χ1v) is 11.8. The van der Waals surface area contributed by atoms with Gasteiger partial charge in [0, 0.05) is 5.41 Å². The molecule has 0 spiro atoms. The Labute approximate surface area is 234 Å². The molecular weight excluding hydrogens is 475 g/mol. The van der Waals surface area contributed by atoms with Gasteiger partial charge in [-0.1, -0.05) is 65.8 Å². The van der Waals surface area contributed by atoms with E-state index in [4.69, 9.17) is 9.47 Å². The summed E-state index contributed by atoms with van der Waals surface area (Å²) in [5.41, 5.74) is 3.26. The van der Waals surface area contributed by atoms with Crippen molar-refractivity contribution in [3.8, 4) is 11.5 Å². The number of aliphatic carboxylic acids is 1. The maximum atomic E-state index is 11.3. The van der Waals surface area contributed by atoms with Crippen molar-refractivity contribution in [3.63, 3.8) is 0 Å². The van der Waals surface area contributed by atoms with Crippen LogP contribution < -0.4 is 39.4 Å². The van der Waals surface area contributed by atoms with E-state index in [9.17, 15) is 30.3 Å². The summed E-state index contributed by atoms with van der Waals surface area (Å²) < 4.78 is 11.1. The van der Waals surface area contributed by atoms with E-state index in [0.717, 1.165) is 22.3 Å². The number of phenols is 1. The van der Waals surface area contributed by atoms with Crippen LogP contribution in [0.3, 0.4) is 0 Å². The van der Waals surface area contributed by atoms with E-state index in [-0.39, 0.29) is 47.1 Å². The number of benzene rings is 2. The Morgan fingerprint density at radius 3 is 1.97 bits per heavy atom. The van der Waals surface area contributed by atoms with Gasteiger partial charge in [0.15, 0.2) is 0 Å². The Kier molecular flexibility index (Phi) is 10.0. The van der Waals surface area contributed by atoms with Gasteiger partial charge in [-0.25, -0.2) is 0 Å². The third-order valence-electron chi connectivity index (χ3n) is 6.77. The molecule has 1 aliphatic rings. The minimum Gasteiger partial charge on any atom is -0.547 e. The molecule has 8 nitrogen and oxygen atoms in total. The van der Waals surface area contributed by atoms with Gasteiger partial charge in [-0.15, -0.1) is 0 Å². The van der Waals surface area contributed by atoms with Crippen molar-refractivity contribution in [2.24, 2.45) is 0 Å². The zero-order valence-electron chi connectivity index (χ0n) is 21.9. The number of carboxylic acid groups (broad SMARTS) is 1. The van der Waals surface area contributed by atoms with Gasteiger partial charge in [-0.3, -0.25) is 0 Å². The molecule has 0 radical (unpaired) electrons. The fraction of sp³-hybridized carbons (Fsp3) is 0.519. The van der Waals surface area contributed by atoms with Crippen molar-refractivity contribution < 1.29 is 69.4 Å². The van der Waals surface area contributed by atoms with Crippen molar-refractivity contribution >= 4 is 5.97 Å². The second kappa shape index (κ2) is 11.8. The summed E-state index contributed by atoms with van der Waals surface area (Å²) in [6.07, 6.45) is -8.64. The normalized spacial score (nSPS) is 24.5. The topological polar surface area (TPSA) is 140 Å². The summed E-state index contributed by atoms with van der Waals surface area (Å²) in [4.78, 5) is 11.3. The van der Waals surface area contributed by atoms with Gasteiger partial charge in [-0.05, 0) is 46.2 Å². The van der Waals surface area contributed by atoms with Crippen LogP contribution in [0.25, 0.3) is 0 Å². The largest absolute Gasteiger partial charge is 1.00 e. The molecule has 4 N–H and O–H groups in total. The second-order valence-corrected chi connectivity index (χ2v) is 10.3. The molecule has 2 aromatic rings. The molecule has 0 amide bonds. The van der Waals surface area contributed by atoms with Crippen molar-refractivity contribution in [3.05, 3.63) is 58.7 Å². The van der Waals surface area contributed by atoms with Crippen molar-refractivity contribution in [1.29, 1.82) is 0 Å². The molecular formula is C27H35NaO8. The van der Waals surface area contributed by atoms with E-state index in [1.165, 1.54) is 0 Å². The predicted molar refractivity (Wildman–Crippen MR) is 127 cm³/mol. The zero-order chi connectivity index (χ0) is 26.2. The Morgan fingerprint density at radius 2 is 1.44 bits per heavy atom. The van der Waals surface area contributed by atoms with Gasteiger partial charge >= 0.3 is 29.6 Å². The maximum Gasteiger partial charge on any atom is 1.00 e. The summed E-state index contributed by atoms with van der Waals surface area (Å²) in [6, 6.07) is 11.2. The Morgan fingerprint density at radius 1 is 0.917 bits per heavy atom. The number of rotatable bonds is 7. The van der Waals surface area contributed by atoms with Gasteiger partial charge in [0.1, 0.15) is 35.9 Å². The van der Waals surface area contributed by atoms with Gasteiger partial charge in [0.25, 0.3) is 0 Å². The number of carbonyl (C=O) groups is 1. The Balaban J connectivity index is 0.00000456. The molecule has 0 unspecified atom stereocenters. The minimum atomic E-state index is -1.84. The number of ether oxygens (including phenoxy) is 2. The number of phenolic OH excluding ortho intramolecular Hbond substituents is 1. The summed E-state index contributed by atoms with van der Waals surface area (Å²) in [7, 11) is 0. The van der Waals surface area contributed by atoms with Gasteiger partial charge < -0.3 is 39.8 Å². The molecule has 2 aromatic carbocycles. The average molecular weight is 511 g/mol. The monoisotopic (exact) mass is 510 g/mol. The van der Waals surface area contributed by atoms with Crippen LogP contribution in [-0.2, 0) is 14.9 Å². The van der Waals surface area contributed by atoms with Crippen LogP contribution in [0.2, 0.25) is 0 Å². The first kappa shape index (κ1) is 30.6. The minimum absolute atomic E-state index is 0. The van der Waals surface area contributed by atoms with E-state index in [1.54, 1.807) is 12.1 Å². The van der Waals surface area contributed by atoms with Crippen LogP contribution in [0.4, 0.5) is 0 Å². The molecule has 1 fully saturated rings. The molecule has 0 bridgehead atoms. The summed E-state index contributed by atoms with van der Waals surface area (Å²) in [5.74, 6) is -0.932. The summed E-state index contributed by atoms with van der Waals surface area (Å²) in [5, 5.41) is 51.8. The molecule has 192 valence electrons. The number of carbonyl (C=O) groups excluding carboxylic acids is 1. The van der Waals surface area contributed by atoms with Crippen LogP contribution in [0, 0.1) is 0 Å². The molecule has 9 heteroatoms. The predicted octanol–water partition coefficient (Wildman–Crippen LogP) is -1.09. The number of aliphatic hydroxyl groups is 3. The smallest absolute Gasteiger partial charge is 0.547 e. The van der Waals surface area contributed by atoms with Crippen LogP contribution >= 0.6 is 0 Å². The first-order chi connectivity index (χ1) is 16.2. The molecule has 0 aliphatic carbocycles. The standard InChI is InChI=1S/C27H36O8.Na/c1-13(2)17-11-15(7-9-19(17)28)27(5,6)16-8-10-20(18(12-16)14(3)4)34-26-23(31)21(29)22(30)24(35-26)25(32)33;/h7-14,21-24,26,28-31H,1-6H3,(H,32,33);/q;+1/p-1/t21-,22-,23+,24-,26+;/m0./s1. The number of hydrogen-bond acceptors (Lipinski definition) is 8. The molecule has 5 atom stereocenters. The van der Waals surface area contributed by atoms with Gasteiger partial charge in [0.05, 0.1) is 5.97 Å². The van der Waals surface area contributed by atoms with E-state index < -0.39 is 42.1 Å². The SMILES string of the molecule is CC(C)c1cc(C(C)(C)c2ccc(O[C@@H]3O[C@H](C(=O)[O-])[C@@H](O)[C@H](O)[C@H]3O)c(C(C)C)c2)ccc1O.[Na+]. The van der Waals surface area contributed by atoms with Crippen molar-refractivity contribution in [2.75, 3.05) is 0 Å². The molecule has 1 heterocycles. The second-order valence-electron chi connectivity index (χ2n) is 10.3. The van der Waals surface area contributed by atoms with Crippen LogP contribution in [0.1, 0.15) is 75.6 Å². The number of hydrogen-bond donors (Lipinski definition) is 4. The summed E-state index contributed by atoms with van der Waals surface area (Å²) >= 11 is 0. The Bertz CT molecular complexity index is 1070. The third-order valence-corrected chi connectivity index (χ3v) is 6.77. The fourth-order valence-electron chi connectivity index (χ4n) is 4.33. The van der Waals surface area contributed by atoms with E-state index in [1.807, 2.05) is 52.0 Å². The van der Waals surface area contributed by atoms with E-state index in [2.05, 4.69) is 13.8 Å². The number of carboxylic acids is 1. The van der Waals surface area contributed by atoms with E-state index in [0.29, 0.717) is 5.75 Å². The molecule has 1 saturated heterocycles. The maximum absolute atomic E-state index is 11.3. The van der Waals surface area contributed by atoms with Crippen molar-refractivity contribution in [2.45, 2.75) is 89.5 Å². The fourth-order valence-corrected chi connectivity index (χ4v) is 4.33. The van der Waals surface area contributed by atoms with Crippen LogP contribution in [0.5, 0.6) is 11.5 Å². The van der Waals surface area contributed by atoms with Crippen molar-refractivity contribution in [1.82, 2.24) is 0 Å². The Hall–Kier alpha value is -1.65. The summed E-state index contributed by atoms with van der Waals surface area (Å²) in [6.45, 7) is 12.2. The van der Waals surface area contributed by atoms with Crippen LogP contribution in [-0.4, -0.2) is 57.1 Å². The van der Waals surface area contributed by atoms with Gasteiger partial charge in [-0.2, -0.15) is 0 Å². The molecule has 3 rings (SSSR count). The quantitative estimate of drug-likeness (QED) is 0.345. The third kappa shape index (κ3) is 6.07.